The predicted octanol–water partition coefficient (Wildman–Crippen LogP) is 4.91. The smallest absolute Gasteiger partial charge is 0.405 e. The zero-order chi connectivity index (χ0) is 37.3. The summed E-state index contributed by atoms with van der Waals surface area (Å²) < 4.78 is 5.24. The number of aliphatic imine (C=N–C) groups is 1. The maximum atomic E-state index is 13.8. The van der Waals surface area contributed by atoms with E-state index >= 15 is 0 Å². The molecule has 14 nitrogen and oxygen atoms in total. The van der Waals surface area contributed by atoms with Crippen molar-refractivity contribution in [1.29, 1.82) is 0 Å². The first-order valence-corrected chi connectivity index (χ1v) is 19.2. The quantitative estimate of drug-likeness (QED) is 0.144. The van der Waals surface area contributed by atoms with Crippen molar-refractivity contribution < 1.29 is 19.1 Å². The van der Waals surface area contributed by atoms with E-state index in [2.05, 4.69) is 93.0 Å². The molecule has 282 valence electrons. The summed E-state index contributed by atoms with van der Waals surface area (Å²) in [5.74, 6) is 2.26. The molecule has 4 atom stereocenters. The Morgan fingerprint density at radius 3 is 1.76 bits per heavy atom. The molecule has 2 aromatic carbocycles. The molecule has 3 amide bonds. The molecular weight excluding hydrogens is 685 g/mol. The standard InChI is InChI=1S/C40H48N10O4/c1-23(2)33(48-40-42-17-18-43-40)37(51)49-19-3-5-31(49)35-44-21-29(46-35)26-11-7-24(8-12-26)25-9-13-27(14-10-25)30-22-45-36(47-30)32-6-4-20-50(32)38(52)34(28-15-16-28)54-39(41)53/h7-14,21-23,28,31-34H,3-6,15-20H2,1-2H3,(H2,41,53)(H,44,46)(H,45,47)(H2,42,43,48)/t31-,32-,33+,34-/m0/s1. The molecule has 1 saturated carbocycles. The number of amides is 3. The van der Waals surface area contributed by atoms with E-state index in [0.29, 0.717) is 19.0 Å². The van der Waals surface area contributed by atoms with Gasteiger partial charge in [0.1, 0.15) is 17.7 Å². The van der Waals surface area contributed by atoms with Crippen LogP contribution in [0.4, 0.5) is 4.79 Å². The minimum atomic E-state index is -0.915. The largest absolute Gasteiger partial charge is 0.436 e. The number of imidazole rings is 2. The van der Waals surface area contributed by atoms with Crippen molar-refractivity contribution in [3.05, 3.63) is 72.6 Å². The molecule has 6 N–H and O–H groups in total. The zero-order valence-electron chi connectivity index (χ0n) is 30.8. The van der Waals surface area contributed by atoms with Gasteiger partial charge in [-0.05, 0) is 66.7 Å². The molecule has 2 aromatic heterocycles. The third kappa shape index (κ3) is 7.29. The first kappa shape index (κ1) is 35.4. The van der Waals surface area contributed by atoms with E-state index in [1.807, 2.05) is 11.1 Å². The molecule has 14 heteroatoms. The third-order valence-corrected chi connectivity index (χ3v) is 11.1. The SMILES string of the molecule is CC(C)[C@@H](NC1=NCCN1)C(=O)N1CCC[C@H]1c1ncc(-c2ccc(-c3ccc(-c4cnc([C@@H]5CCCN5C(=O)[C@@H](OC(N)=O)C5CC5)[nH]4)cc3)cc2)[nH]1. The number of nitrogens with zero attached hydrogens (tertiary/aromatic N) is 5. The van der Waals surface area contributed by atoms with Crippen molar-refractivity contribution in [3.8, 4) is 33.6 Å². The number of nitrogens with one attached hydrogen (secondary N) is 4. The van der Waals surface area contributed by atoms with Crippen LogP contribution in [0, 0.1) is 11.8 Å². The number of carbonyl (C=O) groups is 3. The molecule has 54 heavy (non-hydrogen) atoms. The molecule has 0 spiro atoms. The van der Waals surface area contributed by atoms with Crippen LogP contribution in [-0.2, 0) is 14.3 Å². The van der Waals surface area contributed by atoms with Gasteiger partial charge in [-0.25, -0.2) is 14.8 Å². The van der Waals surface area contributed by atoms with Gasteiger partial charge in [-0.1, -0.05) is 62.4 Å². The number of H-pyrrole nitrogens is 2. The zero-order valence-corrected chi connectivity index (χ0v) is 30.8. The summed E-state index contributed by atoms with van der Waals surface area (Å²) in [5.41, 5.74) is 11.2. The average molecular weight is 733 g/mol. The summed E-state index contributed by atoms with van der Waals surface area (Å²) in [6, 6.07) is 16.0. The number of primary amides is 1. The topological polar surface area (TPSA) is 187 Å². The molecular formula is C40H48N10O4. The van der Waals surface area contributed by atoms with E-state index < -0.39 is 12.2 Å². The Balaban J connectivity index is 0.912. The number of rotatable bonds is 11. The molecule has 4 aromatic rings. The van der Waals surface area contributed by atoms with Crippen molar-refractivity contribution in [2.75, 3.05) is 26.2 Å². The van der Waals surface area contributed by atoms with E-state index in [1.54, 1.807) is 11.1 Å². The molecule has 1 aliphatic carbocycles. The van der Waals surface area contributed by atoms with Crippen molar-refractivity contribution in [1.82, 2.24) is 40.4 Å². The Kier molecular flexibility index (Phi) is 9.82. The van der Waals surface area contributed by atoms with Crippen molar-refractivity contribution >= 4 is 23.9 Å². The van der Waals surface area contributed by atoms with Crippen molar-refractivity contribution in [3.63, 3.8) is 0 Å². The first-order valence-electron chi connectivity index (χ1n) is 19.2. The molecule has 3 fully saturated rings. The number of carbonyl (C=O) groups excluding carboxylic acids is 3. The second-order valence-electron chi connectivity index (χ2n) is 15.1. The Bertz CT molecular complexity index is 2020. The highest BCUT2D eigenvalue weighted by molar-refractivity contribution is 5.90. The predicted molar refractivity (Wildman–Crippen MR) is 204 cm³/mol. The maximum Gasteiger partial charge on any atom is 0.405 e. The summed E-state index contributed by atoms with van der Waals surface area (Å²) in [4.78, 5) is 63.2. The van der Waals surface area contributed by atoms with Crippen LogP contribution in [0.25, 0.3) is 33.6 Å². The molecule has 0 bridgehead atoms. The van der Waals surface area contributed by atoms with Crippen LogP contribution in [-0.4, -0.2) is 91.9 Å². The highest BCUT2D eigenvalue weighted by Gasteiger charge is 2.44. The maximum absolute atomic E-state index is 13.8. The van der Waals surface area contributed by atoms with Gasteiger partial charge in [0, 0.05) is 25.6 Å². The van der Waals surface area contributed by atoms with Crippen LogP contribution in [0.5, 0.6) is 0 Å². The monoisotopic (exact) mass is 732 g/mol. The fourth-order valence-electron chi connectivity index (χ4n) is 7.99. The fourth-order valence-corrected chi connectivity index (χ4v) is 7.99. The van der Waals surface area contributed by atoms with E-state index in [0.717, 1.165) is 96.9 Å². The highest BCUT2D eigenvalue weighted by Crippen LogP contribution is 2.39. The van der Waals surface area contributed by atoms with Gasteiger partial charge in [0.05, 0.1) is 42.4 Å². The van der Waals surface area contributed by atoms with Gasteiger partial charge < -0.3 is 40.9 Å². The summed E-state index contributed by atoms with van der Waals surface area (Å²) >= 11 is 0. The Hall–Kier alpha value is -5.66. The summed E-state index contributed by atoms with van der Waals surface area (Å²) in [6.07, 6.45) is 7.07. The normalized spacial score (nSPS) is 20.8. The van der Waals surface area contributed by atoms with Gasteiger partial charge in [-0.2, -0.15) is 0 Å². The molecule has 3 aliphatic heterocycles. The number of guanidine groups is 1. The van der Waals surface area contributed by atoms with Crippen LogP contribution in [0.15, 0.2) is 65.9 Å². The van der Waals surface area contributed by atoms with Crippen LogP contribution in [0.1, 0.15) is 76.1 Å². The molecule has 5 heterocycles. The van der Waals surface area contributed by atoms with E-state index in [9.17, 15) is 14.4 Å². The molecule has 8 rings (SSSR count). The Morgan fingerprint density at radius 1 is 0.778 bits per heavy atom. The number of benzene rings is 2. The van der Waals surface area contributed by atoms with Gasteiger partial charge in [-0.15, -0.1) is 0 Å². The fraction of sp³-hybridized carbons (Fsp3) is 0.450. The van der Waals surface area contributed by atoms with Gasteiger partial charge in [0.25, 0.3) is 5.91 Å². The molecule has 0 radical (unpaired) electrons. The second-order valence-corrected chi connectivity index (χ2v) is 15.1. The summed E-state index contributed by atoms with van der Waals surface area (Å²) in [6.45, 7) is 6.91. The van der Waals surface area contributed by atoms with Crippen molar-refractivity contribution in [2.24, 2.45) is 22.6 Å². The first-order chi connectivity index (χ1) is 26.2. The molecule has 4 aliphatic rings. The lowest BCUT2D eigenvalue weighted by Gasteiger charge is -2.30. The molecule has 0 unspecified atom stereocenters. The highest BCUT2D eigenvalue weighted by atomic mass is 16.6. The van der Waals surface area contributed by atoms with Gasteiger partial charge in [0.15, 0.2) is 12.1 Å². The van der Waals surface area contributed by atoms with Crippen LogP contribution in [0.2, 0.25) is 0 Å². The number of nitrogens with two attached hydrogens (primary N) is 1. The number of aromatic amines is 2. The van der Waals surface area contributed by atoms with E-state index in [1.165, 1.54) is 0 Å². The van der Waals surface area contributed by atoms with Gasteiger partial charge in [0.2, 0.25) is 5.91 Å². The number of ether oxygens (including phenoxy) is 1. The number of likely N-dealkylation sites (tertiary alicyclic amines) is 2. The molecule has 2 saturated heterocycles. The van der Waals surface area contributed by atoms with E-state index in [4.69, 9.17) is 15.5 Å². The van der Waals surface area contributed by atoms with Crippen molar-refractivity contribution in [2.45, 2.75) is 76.6 Å². The number of hydrogen-bond acceptors (Lipinski definition) is 9. The lowest BCUT2D eigenvalue weighted by molar-refractivity contribution is -0.142. The Labute approximate surface area is 314 Å². The minimum Gasteiger partial charge on any atom is -0.436 e. The Morgan fingerprint density at radius 2 is 1.30 bits per heavy atom. The summed E-state index contributed by atoms with van der Waals surface area (Å²) in [7, 11) is 0. The number of aromatic nitrogens is 4. The van der Waals surface area contributed by atoms with Crippen LogP contribution >= 0.6 is 0 Å². The number of hydrogen-bond donors (Lipinski definition) is 5. The van der Waals surface area contributed by atoms with Gasteiger partial charge in [-0.3, -0.25) is 14.6 Å². The summed E-state index contributed by atoms with van der Waals surface area (Å²) in [5, 5.41) is 6.56. The van der Waals surface area contributed by atoms with Crippen LogP contribution in [0.3, 0.4) is 0 Å². The lowest BCUT2D eigenvalue weighted by Crippen LogP contribution is -2.53. The van der Waals surface area contributed by atoms with E-state index in [-0.39, 0.29) is 41.8 Å². The second kappa shape index (κ2) is 15.0. The lowest BCUT2D eigenvalue weighted by atomic mass is 10.0. The third-order valence-electron chi connectivity index (χ3n) is 11.1. The van der Waals surface area contributed by atoms with Crippen LogP contribution < -0.4 is 16.4 Å². The minimum absolute atomic E-state index is 0.0411. The average Bonchev–Trinajstić information content (AvgIpc) is 3.82. The van der Waals surface area contributed by atoms with Gasteiger partial charge >= 0.3 is 6.09 Å².